The van der Waals surface area contributed by atoms with E-state index in [9.17, 15) is 0 Å². The Morgan fingerprint density at radius 2 is 0.863 bits per heavy atom. The number of anilines is 3. The maximum absolute atomic E-state index is 6.49. The van der Waals surface area contributed by atoms with Crippen LogP contribution in [0.2, 0.25) is 0 Å². The van der Waals surface area contributed by atoms with Crippen LogP contribution in [-0.2, 0) is 0 Å². The van der Waals surface area contributed by atoms with Crippen molar-refractivity contribution in [3.63, 3.8) is 0 Å². The summed E-state index contributed by atoms with van der Waals surface area (Å²) in [5, 5.41) is 4.63. The smallest absolute Gasteiger partial charge is 0.145 e. The molecule has 3 nitrogen and oxygen atoms in total. The molecule has 0 unspecified atom stereocenters. The molecule has 8 aromatic carbocycles. The molecule has 0 saturated heterocycles. The highest BCUT2D eigenvalue weighted by Crippen LogP contribution is 2.41. The van der Waals surface area contributed by atoms with Gasteiger partial charge in [0.1, 0.15) is 11.2 Å². The summed E-state index contributed by atoms with van der Waals surface area (Å²) in [6, 6.07) is 69.0. The molecule has 0 spiro atoms. The summed E-state index contributed by atoms with van der Waals surface area (Å²) >= 11 is 0. The quantitative estimate of drug-likeness (QED) is 0.178. The lowest BCUT2D eigenvalue weighted by molar-refractivity contribution is 0.673. The topological polar surface area (TPSA) is 21.3 Å². The molecule has 0 aliphatic rings. The van der Waals surface area contributed by atoms with Crippen LogP contribution in [0.15, 0.2) is 199 Å². The zero-order valence-electron chi connectivity index (χ0n) is 27.8. The number of hydrogen-bond donors (Lipinski definition) is 0. The van der Waals surface area contributed by atoms with Crippen LogP contribution in [0, 0.1) is 0 Å². The Morgan fingerprint density at radius 1 is 0.353 bits per heavy atom. The molecule has 51 heavy (non-hydrogen) atoms. The van der Waals surface area contributed by atoms with E-state index in [1.54, 1.807) is 0 Å². The maximum atomic E-state index is 6.49. The number of fused-ring (bicyclic) bond motifs is 7. The van der Waals surface area contributed by atoms with Crippen molar-refractivity contribution >= 4 is 60.8 Å². The molecule has 0 atom stereocenters. The first kappa shape index (κ1) is 29.1. The zero-order chi connectivity index (χ0) is 33.7. The SMILES string of the molecule is c1ccc(-c2ccc(N(c3ccccc3)c3ccc(-c4ccc(-n5c6ccccc6c6c7oc8ccccc8c7ccc65)cc4)cc3)cc2)cc1. The second-order valence-electron chi connectivity index (χ2n) is 13.0. The highest BCUT2D eigenvalue weighted by Gasteiger charge is 2.19. The van der Waals surface area contributed by atoms with E-state index in [0.717, 1.165) is 61.1 Å². The molecule has 240 valence electrons. The zero-order valence-corrected chi connectivity index (χ0v) is 27.8. The standard InChI is InChI=1S/C48H32N2O/c1-3-11-33(12-4-1)34-19-25-38(26-20-34)49(37-13-5-2-6-14-37)39-27-21-35(22-28-39)36-23-29-40(30-24-36)50-44-17-9-7-16-43(44)47-45(50)32-31-42-41-15-8-10-18-46(41)51-48(42)47/h1-32H. The molecular formula is C48H32N2O. The van der Waals surface area contributed by atoms with Gasteiger partial charge in [-0.1, -0.05) is 121 Å². The van der Waals surface area contributed by atoms with Gasteiger partial charge in [0.05, 0.1) is 16.4 Å². The lowest BCUT2D eigenvalue weighted by atomic mass is 10.0. The Labute approximate surface area is 295 Å². The van der Waals surface area contributed by atoms with Crippen LogP contribution < -0.4 is 4.90 Å². The molecule has 2 heterocycles. The van der Waals surface area contributed by atoms with Crippen LogP contribution in [0.4, 0.5) is 17.1 Å². The van der Waals surface area contributed by atoms with Crippen LogP contribution in [-0.4, -0.2) is 4.57 Å². The van der Waals surface area contributed by atoms with Gasteiger partial charge in [-0.3, -0.25) is 0 Å². The molecule has 0 fully saturated rings. The minimum Gasteiger partial charge on any atom is -0.455 e. The second kappa shape index (κ2) is 11.9. The molecule has 0 saturated carbocycles. The minimum absolute atomic E-state index is 0.917. The predicted molar refractivity (Wildman–Crippen MR) is 214 cm³/mol. The number of furan rings is 1. The molecule has 0 aliphatic heterocycles. The highest BCUT2D eigenvalue weighted by atomic mass is 16.3. The fourth-order valence-electron chi connectivity index (χ4n) is 7.58. The Hall–Kier alpha value is -6.84. The third-order valence-corrected chi connectivity index (χ3v) is 10.0. The normalized spacial score (nSPS) is 11.5. The molecule has 10 aromatic rings. The van der Waals surface area contributed by atoms with E-state index in [1.165, 1.54) is 27.6 Å². The highest BCUT2D eigenvalue weighted by molar-refractivity contribution is 6.23. The number of para-hydroxylation sites is 3. The van der Waals surface area contributed by atoms with Crippen molar-refractivity contribution in [2.75, 3.05) is 4.90 Å². The summed E-state index contributed by atoms with van der Waals surface area (Å²) < 4.78 is 8.84. The first-order chi connectivity index (χ1) is 25.3. The number of nitrogens with zero attached hydrogens (tertiary/aromatic N) is 2. The van der Waals surface area contributed by atoms with Gasteiger partial charge in [0.2, 0.25) is 0 Å². The number of rotatable bonds is 6. The lowest BCUT2D eigenvalue weighted by Crippen LogP contribution is -2.09. The molecule has 0 radical (unpaired) electrons. The molecule has 0 N–H and O–H groups in total. The Morgan fingerprint density at radius 3 is 1.53 bits per heavy atom. The summed E-state index contributed by atoms with van der Waals surface area (Å²) in [6.45, 7) is 0. The van der Waals surface area contributed by atoms with Gasteiger partial charge in [-0.05, 0) is 95.1 Å². The molecule has 0 amide bonds. The van der Waals surface area contributed by atoms with Crippen molar-refractivity contribution in [3.05, 3.63) is 194 Å². The van der Waals surface area contributed by atoms with Gasteiger partial charge in [-0.2, -0.15) is 0 Å². The fraction of sp³-hybridized carbons (Fsp3) is 0. The maximum Gasteiger partial charge on any atom is 0.145 e. The first-order valence-electron chi connectivity index (χ1n) is 17.4. The van der Waals surface area contributed by atoms with Crippen molar-refractivity contribution in [1.82, 2.24) is 4.57 Å². The summed E-state index contributed by atoms with van der Waals surface area (Å²) in [4.78, 5) is 2.31. The summed E-state index contributed by atoms with van der Waals surface area (Å²) in [7, 11) is 0. The van der Waals surface area contributed by atoms with E-state index >= 15 is 0 Å². The van der Waals surface area contributed by atoms with E-state index in [2.05, 4.69) is 191 Å². The molecule has 0 bridgehead atoms. The van der Waals surface area contributed by atoms with E-state index in [1.807, 2.05) is 12.1 Å². The van der Waals surface area contributed by atoms with Crippen molar-refractivity contribution < 1.29 is 4.42 Å². The van der Waals surface area contributed by atoms with Gasteiger partial charge in [-0.15, -0.1) is 0 Å². The van der Waals surface area contributed by atoms with Crippen LogP contribution in [0.5, 0.6) is 0 Å². The van der Waals surface area contributed by atoms with Crippen molar-refractivity contribution in [2.24, 2.45) is 0 Å². The van der Waals surface area contributed by atoms with Gasteiger partial charge >= 0.3 is 0 Å². The molecule has 10 rings (SSSR count). The van der Waals surface area contributed by atoms with Gasteiger partial charge < -0.3 is 13.9 Å². The van der Waals surface area contributed by atoms with Crippen LogP contribution in [0.25, 0.3) is 71.7 Å². The van der Waals surface area contributed by atoms with Crippen molar-refractivity contribution in [2.45, 2.75) is 0 Å². The third-order valence-electron chi connectivity index (χ3n) is 10.0. The van der Waals surface area contributed by atoms with Crippen LogP contribution >= 0.6 is 0 Å². The Bertz CT molecular complexity index is 2810. The van der Waals surface area contributed by atoms with Crippen LogP contribution in [0.1, 0.15) is 0 Å². The Kier molecular flexibility index (Phi) is 6.81. The second-order valence-corrected chi connectivity index (χ2v) is 13.0. The first-order valence-corrected chi connectivity index (χ1v) is 17.4. The van der Waals surface area contributed by atoms with E-state index in [-0.39, 0.29) is 0 Å². The van der Waals surface area contributed by atoms with Gasteiger partial charge in [0, 0.05) is 38.9 Å². The lowest BCUT2D eigenvalue weighted by Gasteiger charge is -2.26. The average Bonchev–Trinajstić information content (AvgIpc) is 3.75. The predicted octanol–water partition coefficient (Wildman–Crippen LogP) is 13.5. The minimum atomic E-state index is 0.917. The Balaban J connectivity index is 1.00. The monoisotopic (exact) mass is 652 g/mol. The molecule has 3 heteroatoms. The van der Waals surface area contributed by atoms with E-state index in [0.29, 0.717) is 0 Å². The number of hydrogen-bond acceptors (Lipinski definition) is 2. The van der Waals surface area contributed by atoms with E-state index < -0.39 is 0 Å². The summed E-state index contributed by atoms with van der Waals surface area (Å²) in [6.07, 6.45) is 0. The average molecular weight is 653 g/mol. The van der Waals surface area contributed by atoms with E-state index in [4.69, 9.17) is 4.42 Å². The van der Waals surface area contributed by atoms with Gasteiger partial charge in [0.15, 0.2) is 0 Å². The van der Waals surface area contributed by atoms with Crippen molar-refractivity contribution in [1.29, 1.82) is 0 Å². The molecular weight excluding hydrogens is 621 g/mol. The largest absolute Gasteiger partial charge is 0.455 e. The van der Waals surface area contributed by atoms with Crippen LogP contribution in [0.3, 0.4) is 0 Å². The number of aromatic nitrogens is 1. The van der Waals surface area contributed by atoms with Crippen molar-refractivity contribution in [3.8, 4) is 27.9 Å². The van der Waals surface area contributed by atoms with Gasteiger partial charge in [0.25, 0.3) is 0 Å². The summed E-state index contributed by atoms with van der Waals surface area (Å²) in [5.41, 5.74) is 13.4. The molecule has 2 aromatic heterocycles. The fourth-order valence-corrected chi connectivity index (χ4v) is 7.58. The third kappa shape index (κ3) is 4.90. The number of benzene rings is 8. The molecule has 0 aliphatic carbocycles. The summed E-state index contributed by atoms with van der Waals surface area (Å²) in [5.74, 6) is 0. The van der Waals surface area contributed by atoms with Gasteiger partial charge in [-0.25, -0.2) is 0 Å².